The molecule has 0 bridgehead atoms. The average molecular weight is 312 g/mol. The molecule has 0 radical (unpaired) electrons. The summed E-state index contributed by atoms with van der Waals surface area (Å²) in [4.78, 5) is 14.2. The van der Waals surface area contributed by atoms with Crippen molar-refractivity contribution < 1.29 is 4.79 Å². The lowest BCUT2D eigenvalue weighted by Gasteiger charge is -2.22. The van der Waals surface area contributed by atoms with Gasteiger partial charge in [-0.1, -0.05) is 26.0 Å². The van der Waals surface area contributed by atoms with E-state index in [1.165, 1.54) is 5.56 Å². The van der Waals surface area contributed by atoms with E-state index in [1.807, 2.05) is 12.1 Å². The minimum atomic E-state index is 0. The molecule has 4 nitrogen and oxygen atoms in total. The number of hydrogen-bond acceptors (Lipinski definition) is 3. The van der Waals surface area contributed by atoms with Crippen LogP contribution >= 0.6 is 12.4 Å². The van der Waals surface area contributed by atoms with E-state index in [-0.39, 0.29) is 23.7 Å². The van der Waals surface area contributed by atoms with Gasteiger partial charge in [-0.3, -0.25) is 9.69 Å². The molecule has 1 aliphatic heterocycles. The zero-order valence-corrected chi connectivity index (χ0v) is 13.7. The van der Waals surface area contributed by atoms with E-state index in [2.05, 4.69) is 36.2 Å². The zero-order valence-electron chi connectivity index (χ0n) is 12.9. The van der Waals surface area contributed by atoms with E-state index in [9.17, 15) is 4.79 Å². The largest absolute Gasteiger partial charge is 0.330 e. The molecule has 1 aliphatic rings. The summed E-state index contributed by atoms with van der Waals surface area (Å²) in [5.74, 6) is 0.0514. The van der Waals surface area contributed by atoms with E-state index in [0.717, 1.165) is 31.6 Å². The van der Waals surface area contributed by atoms with Gasteiger partial charge in [-0.2, -0.15) is 0 Å². The van der Waals surface area contributed by atoms with Crippen molar-refractivity contribution in [1.82, 2.24) is 4.90 Å². The van der Waals surface area contributed by atoms with Gasteiger partial charge in [-0.25, -0.2) is 0 Å². The summed E-state index contributed by atoms with van der Waals surface area (Å²) < 4.78 is 0. The maximum atomic E-state index is 12.0. The third-order valence-electron chi connectivity index (χ3n) is 4.14. The summed E-state index contributed by atoms with van der Waals surface area (Å²) in [6.45, 7) is 7.31. The highest BCUT2D eigenvalue weighted by Gasteiger charge is 2.32. The molecule has 1 heterocycles. The van der Waals surface area contributed by atoms with Gasteiger partial charge in [-0.05, 0) is 49.0 Å². The maximum Gasteiger partial charge on any atom is 0.238 e. The quantitative estimate of drug-likeness (QED) is 0.877. The van der Waals surface area contributed by atoms with Gasteiger partial charge in [0.2, 0.25) is 5.91 Å². The number of nitrogens with two attached hydrogens (primary N) is 1. The van der Waals surface area contributed by atoms with Gasteiger partial charge in [0.15, 0.2) is 0 Å². The van der Waals surface area contributed by atoms with Gasteiger partial charge >= 0.3 is 0 Å². The molecule has 3 N–H and O–H groups in total. The molecule has 1 amide bonds. The first kappa shape index (κ1) is 18.0. The number of nitrogens with zero attached hydrogens (tertiary/aromatic N) is 1. The number of carbonyl (C=O) groups is 1. The highest BCUT2D eigenvalue weighted by molar-refractivity contribution is 5.92. The molecule has 118 valence electrons. The van der Waals surface area contributed by atoms with Crippen molar-refractivity contribution in [2.75, 3.05) is 31.5 Å². The van der Waals surface area contributed by atoms with Crippen molar-refractivity contribution in [2.45, 2.75) is 26.7 Å². The Hall–Kier alpha value is -1.10. The SMILES string of the molecule is CCc1ccc(NC(=O)CN2CCC(C)(CN)C2)cc1.Cl. The van der Waals surface area contributed by atoms with Crippen LogP contribution in [0.3, 0.4) is 0 Å². The molecular weight excluding hydrogens is 286 g/mol. The third kappa shape index (κ3) is 4.99. The van der Waals surface area contributed by atoms with E-state index >= 15 is 0 Å². The van der Waals surface area contributed by atoms with Crippen LogP contribution in [0.1, 0.15) is 25.8 Å². The number of aryl methyl sites for hydroxylation is 1. The summed E-state index contributed by atoms with van der Waals surface area (Å²) in [6, 6.07) is 8.03. The first-order chi connectivity index (χ1) is 9.54. The molecule has 1 aromatic rings. The second-order valence-electron chi connectivity index (χ2n) is 6.07. The molecule has 1 atom stereocenters. The van der Waals surface area contributed by atoms with Gasteiger partial charge in [-0.15, -0.1) is 12.4 Å². The van der Waals surface area contributed by atoms with E-state index in [4.69, 9.17) is 5.73 Å². The van der Waals surface area contributed by atoms with Crippen molar-refractivity contribution in [3.8, 4) is 0 Å². The summed E-state index contributed by atoms with van der Waals surface area (Å²) in [5, 5.41) is 2.95. The Kier molecular flexibility index (Phi) is 6.65. The Morgan fingerprint density at radius 1 is 1.38 bits per heavy atom. The molecule has 1 aromatic carbocycles. The summed E-state index contributed by atoms with van der Waals surface area (Å²) in [7, 11) is 0. The van der Waals surface area contributed by atoms with Crippen LogP contribution in [0.4, 0.5) is 5.69 Å². The van der Waals surface area contributed by atoms with E-state index in [0.29, 0.717) is 13.1 Å². The highest BCUT2D eigenvalue weighted by atomic mass is 35.5. The molecule has 5 heteroatoms. The number of rotatable bonds is 5. The topological polar surface area (TPSA) is 58.4 Å². The minimum Gasteiger partial charge on any atom is -0.330 e. The van der Waals surface area contributed by atoms with Crippen LogP contribution < -0.4 is 11.1 Å². The van der Waals surface area contributed by atoms with Crippen LogP contribution in [0.15, 0.2) is 24.3 Å². The number of halogens is 1. The smallest absolute Gasteiger partial charge is 0.238 e. The molecule has 0 aliphatic carbocycles. The summed E-state index contributed by atoms with van der Waals surface area (Å²) in [6.07, 6.45) is 2.08. The van der Waals surface area contributed by atoms with E-state index in [1.54, 1.807) is 0 Å². The van der Waals surface area contributed by atoms with Gasteiger partial charge < -0.3 is 11.1 Å². The standard InChI is InChI=1S/C16H25N3O.ClH/c1-3-13-4-6-14(7-5-13)18-15(20)10-19-9-8-16(2,11-17)12-19;/h4-7H,3,8-12,17H2,1-2H3,(H,18,20);1H. The van der Waals surface area contributed by atoms with Crippen LogP contribution in [0.25, 0.3) is 0 Å². The number of hydrogen-bond donors (Lipinski definition) is 2. The van der Waals surface area contributed by atoms with Crippen LogP contribution in [0.5, 0.6) is 0 Å². The number of likely N-dealkylation sites (tertiary alicyclic amines) is 1. The van der Waals surface area contributed by atoms with Crippen LogP contribution in [0.2, 0.25) is 0 Å². The van der Waals surface area contributed by atoms with Gasteiger partial charge in [0.25, 0.3) is 0 Å². The predicted molar refractivity (Wildman–Crippen MR) is 89.9 cm³/mol. The van der Waals surface area contributed by atoms with E-state index < -0.39 is 0 Å². The molecule has 2 rings (SSSR count). The fraction of sp³-hybridized carbons (Fsp3) is 0.562. The van der Waals surface area contributed by atoms with Crippen molar-refractivity contribution in [1.29, 1.82) is 0 Å². The highest BCUT2D eigenvalue weighted by Crippen LogP contribution is 2.28. The molecule has 0 aromatic heterocycles. The lowest BCUT2D eigenvalue weighted by atomic mass is 9.90. The Balaban J connectivity index is 0.00000220. The number of amides is 1. The monoisotopic (exact) mass is 311 g/mol. The Morgan fingerprint density at radius 2 is 2.05 bits per heavy atom. The first-order valence-corrected chi connectivity index (χ1v) is 7.36. The maximum absolute atomic E-state index is 12.0. The number of benzene rings is 1. The van der Waals surface area contributed by atoms with Crippen molar-refractivity contribution in [3.63, 3.8) is 0 Å². The molecule has 1 fully saturated rings. The molecule has 1 unspecified atom stereocenters. The molecule has 1 saturated heterocycles. The minimum absolute atomic E-state index is 0. The van der Waals surface area contributed by atoms with Crippen molar-refractivity contribution in [3.05, 3.63) is 29.8 Å². The molecule has 21 heavy (non-hydrogen) atoms. The third-order valence-corrected chi connectivity index (χ3v) is 4.14. The van der Waals surface area contributed by atoms with Gasteiger partial charge in [0.1, 0.15) is 0 Å². The number of carbonyl (C=O) groups excluding carboxylic acids is 1. The number of anilines is 1. The first-order valence-electron chi connectivity index (χ1n) is 7.36. The molecule has 0 spiro atoms. The predicted octanol–water partition coefficient (Wildman–Crippen LogP) is 2.28. The Bertz CT molecular complexity index is 463. The molecule has 0 saturated carbocycles. The van der Waals surface area contributed by atoms with Crippen molar-refractivity contribution in [2.24, 2.45) is 11.1 Å². The fourth-order valence-corrected chi connectivity index (χ4v) is 2.65. The lowest BCUT2D eigenvalue weighted by Crippen LogP contribution is -2.35. The average Bonchev–Trinajstić information content (AvgIpc) is 2.81. The lowest BCUT2D eigenvalue weighted by molar-refractivity contribution is -0.117. The van der Waals surface area contributed by atoms with Gasteiger partial charge in [0.05, 0.1) is 6.54 Å². The Morgan fingerprint density at radius 3 is 2.57 bits per heavy atom. The summed E-state index contributed by atoms with van der Waals surface area (Å²) >= 11 is 0. The Labute approximate surface area is 133 Å². The zero-order chi connectivity index (χ0) is 14.6. The van der Waals surface area contributed by atoms with Gasteiger partial charge in [0, 0.05) is 12.2 Å². The van der Waals surface area contributed by atoms with Crippen LogP contribution in [-0.4, -0.2) is 37.0 Å². The second kappa shape index (κ2) is 7.78. The normalized spacial score (nSPS) is 21.9. The molecular formula is C16H26ClN3O. The van der Waals surface area contributed by atoms with Crippen molar-refractivity contribution >= 4 is 24.0 Å². The van der Waals surface area contributed by atoms with Crippen LogP contribution in [0, 0.1) is 5.41 Å². The second-order valence-corrected chi connectivity index (χ2v) is 6.07. The fourth-order valence-electron chi connectivity index (χ4n) is 2.65. The van der Waals surface area contributed by atoms with Crippen LogP contribution in [-0.2, 0) is 11.2 Å². The summed E-state index contributed by atoms with van der Waals surface area (Å²) in [5.41, 5.74) is 8.10. The number of nitrogens with one attached hydrogen (secondary N) is 1.